The molecule has 2 N–H and O–H groups in total. The third kappa shape index (κ3) is 4.90. The Morgan fingerprint density at radius 1 is 1.41 bits per heavy atom. The molecule has 0 radical (unpaired) electrons. The summed E-state index contributed by atoms with van der Waals surface area (Å²) in [6.45, 7) is 4.02. The number of nitrogens with one attached hydrogen (secondary N) is 2. The van der Waals surface area contributed by atoms with Gasteiger partial charge in [-0.2, -0.15) is 5.10 Å². The number of aromatic nitrogens is 2. The lowest BCUT2D eigenvalue weighted by atomic mass is 10.1. The van der Waals surface area contributed by atoms with Crippen LogP contribution in [0.25, 0.3) is 0 Å². The molecule has 0 aliphatic carbocycles. The molecule has 0 aliphatic rings. The molecule has 0 aliphatic heterocycles. The van der Waals surface area contributed by atoms with Gasteiger partial charge >= 0.3 is 0 Å². The number of aromatic amines is 1. The molecule has 0 bridgehead atoms. The number of ether oxygens (including phenoxy) is 1. The Kier molecular flexibility index (Phi) is 6.50. The third-order valence-electron chi connectivity index (χ3n) is 3.38. The maximum atomic E-state index is 5.56. The molecule has 0 saturated heterocycles. The van der Waals surface area contributed by atoms with Crippen molar-refractivity contribution in [3.8, 4) is 18.1 Å². The second kappa shape index (κ2) is 8.62. The van der Waals surface area contributed by atoms with Gasteiger partial charge in [-0.15, -0.1) is 6.42 Å². The van der Waals surface area contributed by atoms with E-state index in [0.29, 0.717) is 0 Å². The van der Waals surface area contributed by atoms with Crippen molar-refractivity contribution < 1.29 is 4.74 Å². The minimum absolute atomic E-state index is 0.286. The zero-order valence-corrected chi connectivity index (χ0v) is 14.2. The average molecular weight is 362 g/mol. The molecule has 116 valence electrons. The van der Waals surface area contributed by atoms with Crippen LogP contribution in [0.2, 0.25) is 0 Å². The van der Waals surface area contributed by atoms with Crippen LogP contribution in [0.3, 0.4) is 0 Å². The van der Waals surface area contributed by atoms with Crippen molar-refractivity contribution in [1.82, 2.24) is 15.5 Å². The molecule has 0 spiro atoms. The van der Waals surface area contributed by atoms with Crippen molar-refractivity contribution in [2.75, 3.05) is 13.2 Å². The van der Waals surface area contributed by atoms with E-state index in [2.05, 4.69) is 43.4 Å². The van der Waals surface area contributed by atoms with Crippen LogP contribution in [-0.4, -0.2) is 23.3 Å². The van der Waals surface area contributed by atoms with Gasteiger partial charge in [-0.05, 0) is 50.1 Å². The summed E-state index contributed by atoms with van der Waals surface area (Å²) in [6.07, 6.45) is 9.23. The van der Waals surface area contributed by atoms with Crippen LogP contribution >= 0.6 is 15.9 Å². The molecule has 22 heavy (non-hydrogen) atoms. The highest BCUT2D eigenvalue weighted by molar-refractivity contribution is 9.10. The molecular weight excluding hydrogens is 342 g/mol. The maximum Gasteiger partial charge on any atom is 0.148 e. The summed E-state index contributed by atoms with van der Waals surface area (Å²) in [5, 5.41) is 10.4. The van der Waals surface area contributed by atoms with Gasteiger partial charge in [0.2, 0.25) is 0 Å². The average Bonchev–Trinajstić information content (AvgIpc) is 2.91. The van der Waals surface area contributed by atoms with E-state index >= 15 is 0 Å². The van der Waals surface area contributed by atoms with E-state index < -0.39 is 0 Å². The first-order chi connectivity index (χ1) is 10.7. The summed E-state index contributed by atoms with van der Waals surface area (Å²) in [7, 11) is 0. The molecule has 0 unspecified atom stereocenters. The monoisotopic (exact) mass is 361 g/mol. The van der Waals surface area contributed by atoms with Gasteiger partial charge in [0, 0.05) is 22.3 Å². The number of aryl methyl sites for hydroxylation is 2. The van der Waals surface area contributed by atoms with Crippen LogP contribution in [0.15, 0.2) is 28.9 Å². The van der Waals surface area contributed by atoms with Crippen LogP contribution in [0, 0.1) is 19.3 Å². The van der Waals surface area contributed by atoms with Crippen LogP contribution in [0.5, 0.6) is 5.75 Å². The minimum atomic E-state index is 0.286. The van der Waals surface area contributed by atoms with Crippen LogP contribution in [0.1, 0.15) is 23.2 Å². The zero-order valence-electron chi connectivity index (χ0n) is 12.7. The molecule has 1 aromatic carbocycles. The van der Waals surface area contributed by atoms with E-state index in [1.54, 1.807) is 0 Å². The Labute approximate surface area is 139 Å². The summed E-state index contributed by atoms with van der Waals surface area (Å²) >= 11 is 3.49. The first kappa shape index (κ1) is 16.6. The summed E-state index contributed by atoms with van der Waals surface area (Å²) in [4.78, 5) is 0. The molecule has 0 atom stereocenters. The van der Waals surface area contributed by atoms with Gasteiger partial charge < -0.3 is 10.1 Å². The lowest BCUT2D eigenvalue weighted by Crippen LogP contribution is -2.16. The van der Waals surface area contributed by atoms with E-state index in [1.165, 1.54) is 5.56 Å². The Bertz CT molecular complexity index is 646. The van der Waals surface area contributed by atoms with Gasteiger partial charge in [-0.1, -0.05) is 21.9 Å². The predicted octanol–water partition coefficient (Wildman–Crippen LogP) is 3.22. The zero-order chi connectivity index (χ0) is 15.8. The van der Waals surface area contributed by atoms with Gasteiger partial charge in [0.25, 0.3) is 0 Å². The number of halogens is 1. The predicted molar refractivity (Wildman–Crippen MR) is 91.8 cm³/mol. The first-order valence-electron chi connectivity index (χ1n) is 7.25. The fourth-order valence-corrected chi connectivity index (χ4v) is 2.61. The normalized spacial score (nSPS) is 10.4. The Morgan fingerprint density at radius 3 is 3.00 bits per heavy atom. The van der Waals surface area contributed by atoms with Crippen LogP contribution in [-0.2, 0) is 13.0 Å². The summed E-state index contributed by atoms with van der Waals surface area (Å²) in [5.74, 6) is 3.32. The maximum absolute atomic E-state index is 5.56. The quantitative estimate of drug-likeness (QED) is 0.560. The van der Waals surface area contributed by atoms with E-state index in [1.807, 2.05) is 25.3 Å². The van der Waals surface area contributed by atoms with Gasteiger partial charge in [0.15, 0.2) is 0 Å². The summed E-state index contributed by atoms with van der Waals surface area (Å²) < 4.78 is 6.60. The van der Waals surface area contributed by atoms with E-state index in [9.17, 15) is 0 Å². The number of rotatable bonds is 8. The van der Waals surface area contributed by atoms with Crippen molar-refractivity contribution in [2.24, 2.45) is 0 Å². The van der Waals surface area contributed by atoms with Crippen LogP contribution in [0.4, 0.5) is 0 Å². The van der Waals surface area contributed by atoms with E-state index in [4.69, 9.17) is 11.2 Å². The second-order valence-corrected chi connectivity index (χ2v) is 5.96. The van der Waals surface area contributed by atoms with Crippen molar-refractivity contribution in [2.45, 2.75) is 26.3 Å². The number of terminal acetylenes is 1. The number of H-pyrrole nitrogens is 1. The highest BCUT2D eigenvalue weighted by Gasteiger charge is 2.05. The van der Waals surface area contributed by atoms with Gasteiger partial charge in [0.05, 0.1) is 6.20 Å². The standard InChI is InChI=1S/C17H20BrN3O/c1-3-9-22-17-7-6-16(18)10-15(17)11-19-8-4-5-14-12-20-21-13(14)2/h1,6-7,10,12,19H,4-5,8-9,11H2,2H3,(H,20,21). The minimum Gasteiger partial charge on any atom is -0.481 e. The summed E-state index contributed by atoms with van der Waals surface area (Å²) in [6, 6.07) is 5.95. The van der Waals surface area contributed by atoms with Crippen molar-refractivity contribution >= 4 is 15.9 Å². The second-order valence-electron chi connectivity index (χ2n) is 5.05. The number of hydrogen-bond acceptors (Lipinski definition) is 3. The van der Waals surface area contributed by atoms with Crippen molar-refractivity contribution in [3.05, 3.63) is 45.7 Å². The molecule has 4 nitrogen and oxygen atoms in total. The molecule has 0 fully saturated rings. The molecular formula is C17H20BrN3O. The topological polar surface area (TPSA) is 49.9 Å². The molecule has 1 aromatic heterocycles. The third-order valence-corrected chi connectivity index (χ3v) is 3.88. The lowest BCUT2D eigenvalue weighted by Gasteiger charge is -2.11. The fourth-order valence-electron chi connectivity index (χ4n) is 2.20. The van der Waals surface area contributed by atoms with Crippen molar-refractivity contribution in [1.29, 1.82) is 0 Å². The number of hydrogen-bond donors (Lipinski definition) is 2. The van der Waals surface area contributed by atoms with Gasteiger partial charge in [0.1, 0.15) is 12.4 Å². The largest absolute Gasteiger partial charge is 0.481 e. The highest BCUT2D eigenvalue weighted by atomic mass is 79.9. The SMILES string of the molecule is C#CCOc1ccc(Br)cc1CNCCCc1cn[nH]c1C. The Hall–Kier alpha value is -1.77. The summed E-state index contributed by atoms with van der Waals surface area (Å²) in [5.41, 5.74) is 3.53. The smallest absolute Gasteiger partial charge is 0.148 e. The Balaban J connectivity index is 1.79. The molecule has 2 aromatic rings. The van der Waals surface area contributed by atoms with Crippen LogP contribution < -0.4 is 10.1 Å². The van der Waals surface area contributed by atoms with Gasteiger partial charge in [-0.25, -0.2) is 0 Å². The molecule has 1 heterocycles. The number of nitrogens with zero attached hydrogens (tertiary/aromatic N) is 1. The molecule has 2 rings (SSSR count). The molecule has 5 heteroatoms. The first-order valence-corrected chi connectivity index (χ1v) is 8.04. The number of benzene rings is 1. The van der Waals surface area contributed by atoms with Crippen molar-refractivity contribution in [3.63, 3.8) is 0 Å². The van der Waals surface area contributed by atoms with E-state index in [0.717, 1.165) is 47.4 Å². The Morgan fingerprint density at radius 2 is 2.27 bits per heavy atom. The highest BCUT2D eigenvalue weighted by Crippen LogP contribution is 2.23. The molecule has 0 saturated carbocycles. The van der Waals surface area contributed by atoms with E-state index in [-0.39, 0.29) is 6.61 Å². The fraction of sp³-hybridized carbons (Fsp3) is 0.353. The van der Waals surface area contributed by atoms with Gasteiger partial charge in [-0.3, -0.25) is 5.10 Å². The molecule has 0 amide bonds. The lowest BCUT2D eigenvalue weighted by molar-refractivity contribution is 0.364.